The largest absolute Gasteiger partial charge is 0.490 e. The summed E-state index contributed by atoms with van der Waals surface area (Å²) in [5.74, 6) is -0.378. The lowest BCUT2D eigenvalue weighted by Gasteiger charge is -2.13. The zero-order valence-corrected chi connectivity index (χ0v) is 22.8. The summed E-state index contributed by atoms with van der Waals surface area (Å²) < 4.78 is 32.6. The van der Waals surface area contributed by atoms with Crippen molar-refractivity contribution in [1.29, 1.82) is 0 Å². The second kappa shape index (κ2) is 16.1. The summed E-state index contributed by atoms with van der Waals surface area (Å²) in [7, 11) is 0. The van der Waals surface area contributed by atoms with E-state index in [2.05, 4.69) is 0 Å². The lowest BCUT2D eigenvalue weighted by atomic mass is 10.0. The molecule has 0 spiro atoms. The summed E-state index contributed by atoms with van der Waals surface area (Å²) in [6.45, 7) is 0.186. The van der Waals surface area contributed by atoms with Crippen LogP contribution in [0.5, 0.6) is 17.2 Å². The van der Waals surface area contributed by atoms with Crippen molar-refractivity contribution >= 4 is 17.9 Å². The van der Waals surface area contributed by atoms with Crippen LogP contribution in [0.4, 0.5) is 0 Å². The monoisotopic (exact) mass is 570 g/mol. The molecule has 0 unspecified atom stereocenters. The van der Waals surface area contributed by atoms with Crippen LogP contribution in [-0.4, -0.2) is 57.5 Å². The molecule has 0 heterocycles. The average Bonchev–Trinajstić information content (AvgIpc) is 3.04. The van der Waals surface area contributed by atoms with Crippen LogP contribution in [0, 0.1) is 0 Å². The summed E-state index contributed by atoms with van der Waals surface area (Å²) in [6, 6.07) is 31.2. The van der Waals surface area contributed by atoms with E-state index in [1.165, 1.54) is 18.2 Å². The molecular formula is C33H30O9. The van der Waals surface area contributed by atoms with Crippen molar-refractivity contribution in [3.05, 3.63) is 126 Å². The Morgan fingerprint density at radius 2 is 0.786 bits per heavy atom. The second-order valence-electron chi connectivity index (χ2n) is 8.65. The van der Waals surface area contributed by atoms with E-state index in [1.54, 1.807) is 36.4 Å². The molecule has 0 radical (unpaired) electrons. The Balaban J connectivity index is 1.36. The molecule has 0 amide bonds. The minimum Gasteiger partial charge on any atom is -0.490 e. The van der Waals surface area contributed by atoms with Crippen molar-refractivity contribution in [2.75, 3.05) is 39.6 Å². The first-order chi connectivity index (χ1) is 20.6. The molecule has 0 atom stereocenters. The van der Waals surface area contributed by atoms with Crippen LogP contribution < -0.4 is 14.2 Å². The van der Waals surface area contributed by atoms with Gasteiger partial charge in [-0.25, -0.2) is 14.4 Å². The highest BCUT2D eigenvalue weighted by molar-refractivity contribution is 6.05. The number of esters is 3. The third-order valence-electron chi connectivity index (χ3n) is 5.68. The first-order valence-corrected chi connectivity index (χ1v) is 13.3. The Bertz CT molecular complexity index is 1420. The number of carbonyl (C=O) groups is 3. The van der Waals surface area contributed by atoms with E-state index in [0.29, 0.717) is 17.2 Å². The molecule has 216 valence electrons. The first-order valence-electron chi connectivity index (χ1n) is 13.3. The van der Waals surface area contributed by atoms with Gasteiger partial charge < -0.3 is 28.4 Å². The van der Waals surface area contributed by atoms with Crippen molar-refractivity contribution in [2.24, 2.45) is 0 Å². The van der Waals surface area contributed by atoms with Crippen molar-refractivity contribution in [1.82, 2.24) is 0 Å². The number of rotatable bonds is 15. The second-order valence-corrected chi connectivity index (χ2v) is 8.65. The molecule has 0 aliphatic rings. The number of carbonyl (C=O) groups excluding carboxylic acids is 3. The minimum absolute atomic E-state index is 0.0183. The third kappa shape index (κ3) is 9.41. The van der Waals surface area contributed by atoms with Crippen molar-refractivity contribution in [3.8, 4) is 17.2 Å². The number of hydrogen-bond donors (Lipinski definition) is 0. The molecule has 0 aliphatic heterocycles. The maximum Gasteiger partial charge on any atom is 0.339 e. The highest BCUT2D eigenvalue weighted by Crippen LogP contribution is 2.17. The molecule has 0 saturated carbocycles. The number of hydrogen-bond acceptors (Lipinski definition) is 9. The Kier molecular flexibility index (Phi) is 11.4. The third-order valence-corrected chi connectivity index (χ3v) is 5.68. The summed E-state index contributed by atoms with van der Waals surface area (Å²) in [4.78, 5) is 38.6. The van der Waals surface area contributed by atoms with Crippen LogP contribution in [0.25, 0.3) is 0 Å². The highest BCUT2D eigenvalue weighted by Gasteiger charge is 2.22. The van der Waals surface area contributed by atoms with E-state index < -0.39 is 17.9 Å². The zero-order valence-electron chi connectivity index (χ0n) is 22.8. The number of benzene rings is 4. The predicted octanol–water partition coefficient (Wildman–Crippen LogP) is 5.39. The van der Waals surface area contributed by atoms with Crippen LogP contribution >= 0.6 is 0 Å². The van der Waals surface area contributed by atoms with Gasteiger partial charge in [-0.05, 0) is 54.6 Å². The topological polar surface area (TPSA) is 107 Å². The van der Waals surface area contributed by atoms with Crippen LogP contribution in [0.2, 0.25) is 0 Å². The maximum atomic E-state index is 13.0. The predicted molar refractivity (Wildman–Crippen MR) is 153 cm³/mol. The van der Waals surface area contributed by atoms with Gasteiger partial charge in [0.15, 0.2) is 0 Å². The van der Waals surface area contributed by atoms with E-state index >= 15 is 0 Å². The Hall–Kier alpha value is -5.31. The number of ether oxygens (including phenoxy) is 6. The molecule has 9 nitrogen and oxygen atoms in total. The van der Waals surface area contributed by atoms with E-state index in [9.17, 15) is 14.4 Å². The van der Waals surface area contributed by atoms with E-state index in [4.69, 9.17) is 28.4 Å². The molecule has 0 N–H and O–H groups in total. The van der Waals surface area contributed by atoms with E-state index in [1.807, 2.05) is 54.6 Å². The Morgan fingerprint density at radius 3 is 1.21 bits per heavy atom. The molecule has 4 aromatic carbocycles. The quantitative estimate of drug-likeness (QED) is 0.106. The summed E-state index contributed by atoms with van der Waals surface area (Å²) in [6.07, 6.45) is 0. The first kappa shape index (κ1) is 29.7. The maximum absolute atomic E-state index is 13.0. The van der Waals surface area contributed by atoms with Crippen molar-refractivity contribution in [3.63, 3.8) is 0 Å². The molecule has 4 aromatic rings. The molecule has 4 rings (SSSR count). The molecule has 42 heavy (non-hydrogen) atoms. The van der Waals surface area contributed by atoms with Crippen LogP contribution in [-0.2, 0) is 14.2 Å². The number of para-hydroxylation sites is 3. The van der Waals surface area contributed by atoms with E-state index in [-0.39, 0.29) is 56.3 Å². The van der Waals surface area contributed by atoms with Crippen LogP contribution in [0.3, 0.4) is 0 Å². The fraction of sp³-hybridized carbons (Fsp3) is 0.182. The smallest absolute Gasteiger partial charge is 0.339 e. The standard InChI is InChI=1S/C33H30O9/c34-31(40-21-18-37-26-10-4-1-5-11-26)25-16-17-29(32(35)41-22-19-38-27-12-6-2-7-13-27)30(24-25)33(36)42-23-20-39-28-14-8-3-9-15-28/h1-17,24H,18-23H2. The normalized spacial score (nSPS) is 10.3. The van der Waals surface area contributed by atoms with Crippen LogP contribution in [0.15, 0.2) is 109 Å². The summed E-state index contributed by atoms with van der Waals surface area (Å²) in [5.41, 5.74) is -0.141. The van der Waals surface area contributed by atoms with Gasteiger partial charge in [-0.15, -0.1) is 0 Å². The summed E-state index contributed by atoms with van der Waals surface area (Å²) in [5, 5.41) is 0. The molecule has 0 saturated heterocycles. The Morgan fingerprint density at radius 1 is 0.405 bits per heavy atom. The lowest BCUT2D eigenvalue weighted by molar-refractivity contribution is 0.0402. The SMILES string of the molecule is O=C(OCCOc1ccccc1)c1ccc(C(=O)OCCOc2ccccc2)c(C(=O)OCCOc2ccccc2)c1. The molecule has 9 heteroatoms. The van der Waals surface area contributed by atoms with Gasteiger partial charge in [-0.3, -0.25) is 0 Å². The zero-order chi connectivity index (χ0) is 29.4. The molecule has 0 bridgehead atoms. The highest BCUT2D eigenvalue weighted by atomic mass is 16.6. The fourth-order valence-corrected chi connectivity index (χ4v) is 3.69. The van der Waals surface area contributed by atoms with Gasteiger partial charge in [0.25, 0.3) is 0 Å². The van der Waals surface area contributed by atoms with E-state index in [0.717, 1.165) is 0 Å². The van der Waals surface area contributed by atoms with Gasteiger partial charge in [0.2, 0.25) is 0 Å². The van der Waals surface area contributed by atoms with Gasteiger partial charge in [-0.1, -0.05) is 54.6 Å². The minimum atomic E-state index is -0.818. The summed E-state index contributed by atoms with van der Waals surface area (Å²) >= 11 is 0. The van der Waals surface area contributed by atoms with Crippen LogP contribution in [0.1, 0.15) is 31.1 Å². The van der Waals surface area contributed by atoms with Crippen molar-refractivity contribution < 1.29 is 42.8 Å². The molecule has 0 aromatic heterocycles. The molecular weight excluding hydrogens is 540 g/mol. The van der Waals surface area contributed by atoms with Gasteiger partial charge in [0, 0.05) is 0 Å². The van der Waals surface area contributed by atoms with Crippen molar-refractivity contribution in [2.45, 2.75) is 0 Å². The van der Waals surface area contributed by atoms with Gasteiger partial charge in [0.05, 0.1) is 16.7 Å². The lowest BCUT2D eigenvalue weighted by Crippen LogP contribution is -2.20. The van der Waals surface area contributed by atoms with Gasteiger partial charge in [-0.2, -0.15) is 0 Å². The average molecular weight is 571 g/mol. The molecule has 0 aliphatic carbocycles. The van der Waals surface area contributed by atoms with Gasteiger partial charge in [0.1, 0.15) is 56.9 Å². The fourth-order valence-electron chi connectivity index (χ4n) is 3.69. The van der Waals surface area contributed by atoms with Gasteiger partial charge >= 0.3 is 17.9 Å². The Labute approximate surface area is 243 Å². The molecule has 0 fully saturated rings.